The van der Waals surface area contributed by atoms with Crippen molar-refractivity contribution in [2.24, 2.45) is 15.3 Å². The fourth-order valence-electron chi connectivity index (χ4n) is 3.70. The Morgan fingerprint density at radius 3 is 2.41 bits per heavy atom. The number of amides is 3. The summed E-state index contributed by atoms with van der Waals surface area (Å²) in [6.07, 6.45) is -0.606. The average molecular weight is 500 g/mol. The first kappa shape index (κ1) is 25.2. The lowest BCUT2D eigenvalue weighted by Gasteiger charge is -2.12. The predicted molar refractivity (Wildman–Crippen MR) is 137 cm³/mol. The minimum atomic E-state index is -1.17. The van der Waals surface area contributed by atoms with Gasteiger partial charge in [0.1, 0.15) is 29.3 Å². The van der Waals surface area contributed by atoms with Crippen LogP contribution in [0.5, 0.6) is 11.5 Å². The van der Waals surface area contributed by atoms with E-state index in [1.54, 1.807) is 60.7 Å². The van der Waals surface area contributed by atoms with Crippen LogP contribution in [0.2, 0.25) is 0 Å². The number of hydrogen-bond donors (Lipinski definition) is 1. The molecule has 1 aliphatic rings. The summed E-state index contributed by atoms with van der Waals surface area (Å²) >= 11 is 0. The Labute approximate surface area is 213 Å². The van der Waals surface area contributed by atoms with Gasteiger partial charge in [-0.1, -0.05) is 48.5 Å². The summed E-state index contributed by atoms with van der Waals surface area (Å²) in [5.41, 5.74) is 2.62. The fourth-order valence-corrected chi connectivity index (χ4v) is 3.70. The number of carbonyl (C=O) groups is 3. The SMILES string of the molecule is COc1ccc(C)cc1N=NC1C(=O)N(C(=O)CC(=O)Nc2ccccc2OC)N=C1c1ccccc1. The van der Waals surface area contributed by atoms with Crippen LogP contribution in [0.4, 0.5) is 11.4 Å². The maximum atomic E-state index is 13.3. The molecule has 0 saturated heterocycles. The number of anilines is 1. The van der Waals surface area contributed by atoms with Gasteiger partial charge in [0, 0.05) is 5.56 Å². The van der Waals surface area contributed by atoms with Crippen molar-refractivity contribution in [3.8, 4) is 11.5 Å². The highest BCUT2D eigenvalue weighted by Gasteiger charge is 2.40. The molecular weight excluding hydrogens is 474 g/mol. The molecule has 3 aromatic rings. The average Bonchev–Trinajstić information content (AvgIpc) is 3.24. The van der Waals surface area contributed by atoms with Gasteiger partial charge in [-0.25, -0.2) is 0 Å². The molecule has 1 aliphatic heterocycles. The molecule has 10 nitrogen and oxygen atoms in total. The fraction of sp³-hybridized carbons (Fsp3) is 0.185. The van der Waals surface area contributed by atoms with Crippen LogP contribution in [0.3, 0.4) is 0 Å². The van der Waals surface area contributed by atoms with Gasteiger partial charge in [-0.15, -0.1) is 0 Å². The molecule has 1 unspecified atom stereocenters. The molecule has 1 N–H and O–H groups in total. The van der Waals surface area contributed by atoms with Crippen LogP contribution in [0.25, 0.3) is 0 Å². The highest BCUT2D eigenvalue weighted by atomic mass is 16.5. The quantitative estimate of drug-likeness (QED) is 0.366. The smallest absolute Gasteiger partial charge is 0.282 e. The van der Waals surface area contributed by atoms with Gasteiger partial charge < -0.3 is 14.8 Å². The molecule has 0 fully saturated rings. The van der Waals surface area contributed by atoms with Gasteiger partial charge >= 0.3 is 0 Å². The molecule has 37 heavy (non-hydrogen) atoms. The summed E-state index contributed by atoms with van der Waals surface area (Å²) in [6, 6.07) is 19.9. The highest BCUT2D eigenvalue weighted by molar-refractivity contribution is 6.23. The second-order valence-corrected chi connectivity index (χ2v) is 8.11. The number of carbonyl (C=O) groups excluding carboxylic acids is 3. The Morgan fingerprint density at radius 2 is 1.68 bits per heavy atom. The van der Waals surface area contributed by atoms with Gasteiger partial charge in [-0.3, -0.25) is 14.4 Å². The van der Waals surface area contributed by atoms with E-state index >= 15 is 0 Å². The van der Waals surface area contributed by atoms with Crippen molar-refractivity contribution in [1.82, 2.24) is 5.01 Å². The molecule has 188 valence electrons. The van der Waals surface area contributed by atoms with E-state index in [-0.39, 0.29) is 5.71 Å². The number of methoxy groups -OCH3 is 2. The molecule has 0 spiro atoms. The third-order valence-corrected chi connectivity index (χ3v) is 5.52. The summed E-state index contributed by atoms with van der Waals surface area (Å²) < 4.78 is 10.6. The van der Waals surface area contributed by atoms with E-state index in [1.807, 2.05) is 19.1 Å². The van der Waals surface area contributed by atoms with Crippen molar-refractivity contribution < 1.29 is 23.9 Å². The second-order valence-electron chi connectivity index (χ2n) is 8.11. The molecule has 1 heterocycles. The number of ether oxygens (including phenoxy) is 2. The van der Waals surface area contributed by atoms with E-state index in [1.165, 1.54) is 14.2 Å². The summed E-state index contributed by atoms with van der Waals surface area (Å²) in [6.45, 7) is 1.90. The van der Waals surface area contributed by atoms with Crippen LogP contribution in [0.1, 0.15) is 17.5 Å². The number of para-hydroxylation sites is 2. The number of rotatable bonds is 8. The van der Waals surface area contributed by atoms with E-state index in [0.29, 0.717) is 33.4 Å². The third kappa shape index (κ3) is 5.69. The normalized spacial score (nSPS) is 15.0. The van der Waals surface area contributed by atoms with E-state index in [0.717, 1.165) is 5.56 Å². The molecule has 0 aromatic heterocycles. The van der Waals surface area contributed by atoms with Gasteiger partial charge in [0.25, 0.3) is 11.8 Å². The Bertz CT molecular complexity index is 1390. The maximum Gasteiger partial charge on any atom is 0.282 e. The lowest BCUT2D eigenvalue weighted by atomic mass is 10.0. The molecule has 1 atom stereocenters. The van der Waals surface area contributed by atoms with Crippen molar-refractivity contribution in [2.45, 2.75) is 19.4 Å². The zero-order chi connectivity index (χ0) is 26.4. The van der Waals surface area contributed by atoms with Gasteiger partial charge in [-0.2, -0.15) is 20.3 Å². The first-order chi connectivity index (χ1) is 17.9. The van der Waals surface area contributed by atoms with E-state index < -0.39 is 30.2 Å². The van der Waals surface area contributed by atoms with E-state index in [4.69, 9.17) is 9.47 Å². The number of nitrogens with one attached hydrogen (secondary N) is 1. The van der Waals surface area contributed by atoms with Gasteiger partial charge in [-0.05, 0) is 36.8 Å². The van der Waals surface area contributed by atoms with Crippen LogP contribution in [-0.4, -0.2) is 48.7 Å². The highest BCUT2D eigenvalue weighted by Crippen LogP contribution is 2.30. The van der Waals surface area contributed by atoms with Crippen LogP contribution in [0, 0.1) is 6.92 Å². The summed E-state index contributed by atoms with van der Waals surface area (Å²) in [5, 5.41) is 16.0. The number of imide groups is 1. The zero-order valence-corrected chi connectivity index (χ0v) is 20.5. The molecule has 0 aliphatic carbocycles. The number of nitrogens with zero attached hydrogens (tertiary/aromatic N) is 4. The number of azo groups is 1. The molecule has 4 rings (SSSR count). The van der Waals surface area contributed by atoms with Crippen molar-refractivity contribution >= 4 is 34.8 Å². The molecule has 0 saturated carbocycles. The van der Waals surface area contributed by atoms with Crippen LogP contribution in [0.15, 0.2) is 88.1 Å². The number of hydrazone groups is 1. The Hall–Kier alpha value is -4.86. The van der Waals surface area contributed by atoms with E-state index in [2.05, 4.69) is 20.6 Å². The van der Waals surface area contributed by atoms with Crippen molar-refractivity contribution in [3.05, 3.63) is 83.9 Å². The topological polar surface area (TPSA) is 122 Å². The summed E-state index contributed by atoms with van der Waals surface area (Å²) in [5.74, 6) is -1.19. The molecule has 10 heteroatoms. The van der Waals surface area contributed by atoms with Crippen molar-refractivity contribution in [1.29, 1.82) is 0 Å². The van der Waals surface area contributed by atoms with Crippen LogP contribution >= 0.6 is 0 Å². The maximum absolute atomic E-state index is 13.3. The summed E-state index contributed by atoms with van der Waals surface area (Å²) in [4.78, 5) is 38.8. The first-order valence-corrected chi connectivity index (χ1v) is 11.4. The minimum Gasteiger partial charge on any atom is -0.495 e. The van der Waals surface area contributed by atoms with Gasteiger partial charge in [0.15, 0.2) is 6.04 Å². The Kier molecular flexibility index (Phi) is 7.68. The number of benzene rings is 3. The van der Waals surface area contributed by atoms with Crippen LogP contribution < -0.4 is 14.8 Å². The molecule has 3 amide bonds. The Balaban J connectivity index is 1.58. The van der Waals surface area contributed by atoms with Gasteiger partial charge in [0.05, 0.1) is 19.9 Å². The van der Waals surface area contributed by atoms with Crippen molar-refractivity contribution in [2.75, 3.05) is 19.5 Å². The lowest BCUT2D eigenvalue weighted by Crippen LogP contribution is -2.36. The monoisotopic (exact) mass is 499 g/mol. The minimum absolute atomic E-state index is 0.249. The van der Waals surface area contributed by atoms with Crippen LogP contribution in [-0.2, 0) is 14.4 Å². The predicted octanol–water partition coefficient (Wildman–Crippen LogP) is 4.27. The second kappa shape index (κ2) is 11.3. The largest absolute Gasteiger partial charge is 0.495 e. The third-order valence-electron chi connectivity index (χ3n) is 5.52. The number of hydrogen-bond acceptors (Lipinski definition) is 8. The van der Waals surface area contributed by atoms with Crippen molar-refractivity contribution in [3.63, 3.8) is 0 Å². The van der Waals surface area contributed by atoms with E-state index in [9.17, 15) is 14.4 Å². The molecule has 0 bridgehead atoms. The Morgan fingerprint density at radius 1 is 0.973 bits per heavy atom. The van der Waals surface area contributed by atoms with Gasteiger partial charge in [0.2, 0.25) is 5.91 Å². The molecular formula is C27H25N5O5. The zero-order valence-electron chi connectivity index (χ0n) is 20.5. The molecule has 0 radical (unpaired) electrons. The molecule has 3 aromatic carbocycles. The standard InChI is InChI=1S/C27H25N5O5/c1-17-13-14-22(37-3)20(15-17)29-30-26-25(18-9-5-4-6-10-18)31-32(27(26)35)24(34)16-23(33)28-19-11-7-8-12-21(19)36-2/h4-15,26H,16H2,1-3H3,(H,28,33). The lowest BCUT2D eigenvalue weighted by molar-refractivity contribution is -0.144. The summed E-state index contributed by atoms with van der Waals surface area (Å²) in [7, 11) is 2.98. The first-order valence-electron chi connectivity index (χ1n) is 11.4. The number of aryl methyl sites for hydroxylation is 1.